The summed E-state index contributed by atoms with van der Waals surface area (Å²) in [5, 5.41) is 7.22. The van der Waals surface area contributed by atoms with Crippen LogP contribution in [-0.2, 0) is 4.79 Å². The zero-order valence-corrected chi connectivity index (χ0v) is 14.4. The normalized spacial score (nSPS) is 21.3. The summed E-state index contributed by atoms with van der Waals surface area (Å²) in [7, 11) is 0. The topological polar surface area (TPSA) is 71.3 Å². The molecule has 1 atom stereocenters. The molecule has 0 bridgehead atoms. The van der Waals surface area contributed by atoms with Gasteiger partial charge in [0.05, 0.1) is 0 Å². The molecule has 1 saturated carbocycles. The number of nitrogens with one attached hydrogen (secondary N) is 2. The van der Waals surface area contributed by atoms with Gasteiger partial charge in [0.15, 0.2) is 0 Å². The Kier molecular flexibility index (Phi) is 4.40. The first-order chi connectivity index (χ1) is 11.1. The molecular weight excluding hydrogens is 328 g/mol. The Labute approximate surface area is 146 Å². The van der Waals surface area contributed by atoms with Gasteiger partial charge in [0.2, 0.25) is 5.91 Å². The van der Waals surface area contributed by atoms with E-state index in [0.717, 1.165) is 43.3 Å². The summed E-state index contributed by atoms with van der Waals surface area (Å²) >= 11 is 0. The summed E-state index contributed by atoms with van der Waals surface area (Å²) in [5.41, 5.74) is 1.93. The number of amides is 1. The molecule has 1 aliphatic heterocycles. The lowest BCUT2D eigenvalue weighted by molar-refractivity contribution is -0.118. The van der Waals surface area contributed by atoms with Crippen LogP contribution in [0.1, 0.15) is 24.8 Å². The van der Waals surface area contributed by atoms with Crippen molar-refractivity contribution >= 4 is 35.0 Å². The molecule has 2 N–H and O–H groups in total. The van der Waals surface area contributed by atoms with Gasteiger partial charge in [-0.05, 0) is 62.4 Å². The molecule has 128 valence electrons. The molecule has 2 aliphatic rings. The minimum absolute atomic E-state index is 0. The molecule has 5 nitrogen and oxygen atoms in total. The van der Waals surface area contributed by atoms with Gasteiger partial charge < -0.3 is 15.1 Å². The molecule has 24 heavy (non-hydrogen) atoms. The lowest BCUT2D eigenvalue weighted by Gasteiger charge is -2.23. The maximum atomic E-state index is 12.5. The molecule has 1 aromatic carbocycles. The fourth-order valence-electron chi connectivity index (χ4n) is 3.83. The van der Waals surface area contributed by atoms with Crippen LogP contribution >= 0.6 is 12.4 Å². The Morgan fingerprint density at radius 1 is 1.29 bits per heavy atom. The van der Waals surface area contributed by atoms with Crippen LogP contribution in [0.25, 0.3) is 11.0 Å². The highest BCUT2D eigenvalue weighted by Gasteiger charge is 2.57. The third-order valence-electron chi connectivity index (χ3n) is 5.32. The lowest BCUT2D eigenvalue weighted by Crippen LogP contribution is -2.31. The molecule has 2 fully saturated rings. The van der Waals surface area contributed by atoms with Crippen molar-refractivity contribution in [2.24, 2.45) is 11.3 Å². The molecule has 0 radical (unpaired) electrons. The van der Waals surface area contributed by atoms with Crippen molar-refractivity contribution in [3.05, 3.63) is 40.2 Å². The number of benzene rings is 1. The van der Waals surface area contributed by atoms with Gasteiger partial charge in [-0.25, -0.2) is 4.79 Å². The summed E-state index contributed by atoms with van der Waals surface area (Å²) in [5.74, 6) is 0.200. The molecule has 1 saturated heterocycles. The fourth-order valence-corrected chi connectivity index (χ4v) is 3.83. The van der Waals surface area contributed by atoms with E-state index < -0.39 is 0 Å². The molecule has 6 heteroatoms. The molecule has 1 amide bonds. The number of fused-ring (bicyclic) bond motifs is 1. The number of carbonyl (C=O) groups is 1. The van der Waals surface area contributed by atoms with Gasteiger partial charge in [0.25, 0.3) is 0 Å². The van der Waals surface area contributed by atoms with Crippen molar-refractivity contribution in [1.82, 2.24) is 5.32 Å². The van der Waals surface area contributed by atoms with E-state index in [1.807, 2.05) is 19.1 Å². The van der Waals surface area contributed by atoms with Crippen molar-refractivity contribution in [3.8, 4) is 0 Å². The minimum atomic E-state index is -0.366. The SMILES string of the molecule is Cc1cc(=O)oc2cc(NC(=O)C3CC34CCNCC4)ccc12.Cl. The van der Waals surface area contributed by atoms with Gasteiger partial charge >= 0.3 is 5.63 Å². The molecule has 1 spiro atoms. The molecule has 1 unspecified atom stereocenters. The van der Waals surface area contributed by atoms with Gasteiger partial charge in [-0.2, -0.15) is 0 Å². The Balaban J connectivity index is 0.00000169. The maximum Gasteiger partial charge on any atom is 0.336 e. The number of anilines is 1. The zero-order valence-electron chi connectivity index (χ0n) is 13.6. The van der Waals surface area contributed by atoms with Crippen LogP contribution in [0.15, 0.2) is 33.5 Å². The summed E-state index contributed by atoms with van der Waals surface area (Å²) in [4.78, 5) is 24.0. The number of piperidine rings is 1. The number of aryl methyl sites for hydroxylation is 1. The van der Waals surface area contributed by atoms with Crippen molar-refractivity contribution in [3.63, 3.8) is 0 Å². The van der Waals surface area contributed by atoms with Crippen LogP contribution in [0, 0.1) is 18.3 Å². The van der Waals surface area contributed by atoms with Crippen LogP contribution < -0.4 is 16.3 Å². The summed E-state index contributed by atoms with van der Waals surface area (Å²) in [6.07, 6.45) is 3.15. The average Bonchev–Trinajstić information content (AvgIpc) is 3.20. The second-order valence-corrected chi connectivity index (χ2v) is 6.82. The first kappa shape index (κ1) is 17.0. The molecule has 4 rings (SSSR count). The summed E-state index contributed by atoms with van der Waals surface area (Å²) in [6.45, 7) is 3.89. The van der Waals surface area contributed by atoms with Crippen LogP contribution in [0.3, 0.4) is 0 Å². The van der Waals surface area contributed by atoms with Crippen LogP contribution in [-0.4, -0.2) is 19.0 Å². The Morgan fingerprint density at radius 2 is 2.04 bits per heavy atom. The first-order valence-electron chi connectivity index (χ1n) is 8.14. The standard InChI is InChI=1S/C18H20N2O3.ClH/c1-11-8-16(21)23-15-9-12(2-3-13(11)15)20-17(22)14-10-18(14)4-6-19-7-5-18;/h2-3,8-9,14,19H,4-7,10H2,1H3,(H,20,22);1H. The Morgan fingerprint density at radius 3 is 2.79 bits per heavy atom. The van der Waals surface area contributed by atoms with E-state index in [9.17, 15) is 9.59 Å². The van der Waals surface area contributed by atoms with E-state index in [2.05, 4.69) is 10.6 Å². The lowest BCUT2D eigenvalue weighted by atomic mass is 9.92. The van der Waals surface area contributed by atoms with E-state index in [1.54, 1.807) is 6.07 Å². The quantitative estimate of drug-likeness (QED) is 0.819. The van der Waals surface area contributed by atoms with Crippen LogP contribution in [0.2, 0.25) is 0 Å². The summed E-state index contributed by atoms with van der Waals surface area (Å²) in [6, 6.07) is 6.96. The highest BCUT2D eigenvalue weighted by Crippen LogP contribution is 2.58. The van der Waals surface area contributed by atoms with Crippen LogP contribution in [0.5, 0.6) is 0 Å². The fraction of sp³-hybridized carbons (Fsp3) is 0.444. The van der Waals surface area contributed by atoms with E-state index in [4.69, 9.17) is 4.42 Å². The summed E-state index contributed by atoms with van der Waals surface area (Å²) < 4.78 is 5.24. The van der Waals surface area contributed by atoms with Gasteiger partial charge in [-0.1, -0.05) is 0 Å². The number of hydrogen-bond donors (Lipinski definition) is 2. The van der Waals surface area contributed by atoms with Crippen molar-refractivity contribution in [1.29, 1.82) is 0 Å². The molecule has 1 aromatic heterocycles. The van der Waals surface area contributed by atoms with Crippen molar-refractivity contribution in [2.45, 2.75) is 26.2 Å². The van der Waals surface area contributed by atoms with Gasteiger partial charge in [0, 0.05) is 29.1 Å². The largest absolute Gasteiger partial charge is 0.423 e. The monoisotopic (exact) mass is 348 g/mol. The van der Waals surface area contributed by atoms with Crippen molar-refractivity contribution in [2.75, 3.05) is 18.4 Å². The Hall–Kier alpha value is -1.85. The van der Waals surface area contributed by atoms with E-state index >= 15 is 0 Å². The molecule has 2 aromatic rings. The number of halogens is 1. The predicted octanol–water partition coefficient (Wildman–Crippen LogP) is 2.85. The third kappa shape index (κ3) is 2.94. The van der Waals surface area contributed by atoms with E-state index in [-0.39, 0.29) is 35.3 Å². The van der Waals surface area contributed by atoms with Gasteiger partial charge in [0.1, 0.15) is 5.58 Å². The number of carbonyl (C=O) groups excluding carboxylic acids is 1. The number of rotatable bonds is 2. The van der Waals surface area contributed by atoms with Crippen molar-refractivity contribution < 1.29 is 9.21 Å². The molecule has 2 heterocycles. The van der Waals surface area contributed by atoms with Gasteiger partial charge in [-0.15, -0.1) is 12.4 Å². The third-order valence-corrected chi connectivity index (χ3v) is 5.32. The number of hydrogen-bond acceptors (Lipinski definition) is 4. The second kappa shape index (κ2) is 6.22. The van der Waals surface area contributed by atoms with Crippen LogP contribution in [0.4, 0.5) is 5.69 Å². The average molecular weight is 349 g/mol. The first-order valence-corrected chi connectivity index (χ1v) is 8.14. The molecule has 1 aliphatic carbocycles. The minimum Gasteiger partial charge on any atom is -0.423 e. The highest BCUT2D eigenvalue weighted by molar-refractivity contribution is 5.97. The second-order valence-electron chi connectivity index (χ2n) is 6.82. The Bertz CT molecular complexity index is 840. The predicted molar refractivity (Wildman–Crippen MR) is 95.7 cm³/mol. The van der Waals surface area contributed by atoms with E-state index in [0.29, 0.717) is 11.3 Å². The highest BCUT2D eigenvalue weighted by atomic mass is 35.5. The smallest absolute Gasteiger partial charge is 0.336 e. The molecular formula is C18H21ClN2O3. The maximum absolute atomic E-state index is 12.5. The zero-order chi connectivity index (χ0) is 16.0. The van der Waals surface area contributed by atoms with Gasteiger partial charge in [-0.3, -0.25) is 4.79 Å². The van der Waals surface area contributed by atoms with E-state index in [1.165, 1.54) is 6.07 Å².